The van der Waals surface area contributed by atoms with Crippen molar-refractivity contribution in [3.05, 3.63) is 47.3 Å². The molecule has 1 amide bonds. The second-order valence-corrected chi connectivity index (χ2v) is 8.62. The van der Waals surface area contributed by atoms with Crippen molar-refractivity contribution in [2.45, 2.75) is 36.4 Å². The van der Waals surface area contributed by atoms with Crippen molar-refractivity contribution in [1.82, 2.24) is 5.32 Å². The van der Waals surface area contributed by atoms with Gasteiger partial charge in [0.25, 0.3) is 15.9 Å². The van der Waals surface area contributed by atoms with Crippen molar-refractivity contribution in [1.29, 1.82) is 0 Å². The Balaban J connectivity index is 0.00000338. The van der Waals surface area contributed by atoms with Crippen molar-refractivity contribution >= 4 is 45.4 Å². The summed E-state index contributed by atoms with van der Waals surface area (Å²) in [6.07, 6.45) is 1.44. The molecule has 144 valence electrons. The zero-order valence-corrected chi connectivity index (χ0v) is 17.1. The number of anilines is 1. The number of thiophene rings is 1. The fourth-order valence-electron chi connectivity index (χ4n) is 2.43. The minimum absolute atomic E-state index is 0. The summed E-state index contributed by atoms with van der Waals surface area (Å²) in [6, 6.07) is 9.62. The van der Waals surface area contributed by atoms with E-state index in [1.165, 1.54) is 12.1 Å². The molecule has 0 aliphatic heterocycles. The Bertz CT molecular complexity index is 811. The van der Waals surface area contributed by atoms with Gasteiger partial charge >= 0.3 is 0 Å². The third kappa shape index (κ3) is 5.20. The SMILES string of the molecule is CCC(CC)(CN)NC(=O)c1cccc(NS(=O)(=O)c2cccs2)c1.Cl. The smallest absolute Gasteiger partial charge is 0.271 e. The number of sulfonamides is 1. The second kappa shape index (κ2) is 9.36. The van der Waals surface area contributed by atoms with Gasteiger partial charge in [0.15, 0.2) is 0 Å². The normalized spacial score (nSPS) is 11.5. The molecule has 0 saturated heterocycles. The molecular formula is C17H24ClN3O3S2. The lowest BCUT2D eigenvalue weighted by atomic mass is 9.92. The number of nitrogens with one attached hydrogen (secondary N) is 2. The maximum absolute atomic E-state index is 12.5. The van der Waals surface area contributed by atoms with Crippen LogP contribution in [-0.2, 0) is 10.0 Å². The highest BCUT2D eigenvalue weighted by Gasteiger charge is 2.27. The van der Waals surface area contributed by atoms with Crippen LogP contribution in [0.1, 0.15) is 37.0 Å². The van der Waals surface area contributed by atoms with E-state index in [0.717, 1.165) is 24.2 Å². The zero-order valence-electron chi connectivity index (χ0n) is 14.7. The highest BCUT2D eigenvalue weighted by atomic mass is 35.5. The average molecular weight is 418 g/mol. The number of nitrogens with two attached hydrogens (primary N) is 1. The molecule has 1 aromatic carbocycles. The molecule has 2 aromatic rings. The van der Waals surface area contributed by atoms with Crippen LogP contribution in [0.2, 0.25) is 0 Å². The highest BCUT2D eigenvalue weighted by Crippen LogP contribution is 2.21. The van der Waals surface area contributed by atoms with E-state index in [2.05, 4.69) is 10.0 Å². The maximum Gasteiger partial charge on any atom is 0.271 e. The lowest BCUT2D eigenvalue weighted by molar-refractivity contribution is 0.0895. The minimum atomic E-state index is -3.64. The van der Waals surface area contributed by atoms with Crippen LogP contribution in [0.25, 0.3) is 0 Å². The monoisotopic (exact) mass is 417 g/mol. The van der Waals surface area contributed by atoms with Gasteiger partial charge in [-0.15, -0.1) is 23.7 Å². The molecule has 2 rings (SSSR count). The average Bonchev–Trinajstić information content (AvgIpc) is 3.15. The van der Waals surface area contributed by atoms with E-state index in [9.17, 15) is 13.2 Å². The summed E-state index contributed by atoms with van der Waals surface area (Å²) in [6.45, 7) is 4.29. The van der Waals surface area contributed by atoms with Gasteiger partial charge < -0.3 is 11.1 Å². The largest absolute Gasteiger partial charge is 0.345 e. The summed E-state index contributed by atoms with van der Waals surface area (Å²) in [5.41, 5.74) is 6.08. The van der Waals surface area contributed by atoms with Gasteiger partial charge in [-0.3, -0.25) is 9.52 Å². The summed E-state index contributed by atoms with van der Waals surface area (Å²) >= 11 is 1.13. The van der Waals surface area contributed by atoms with Gasteiger partial charge in [0, 0.05) is 17.8 Å². The van der Waals surface area contributed by atoms with Crippen LogP contribution in [0.4, 0.5) is 5.69 Å². The number of benzene rings is 1. The molecule has 0 spiro atoms. The first-order chi connectivity index (χ1) is 11.9. The van der Waals surface area contributed by atoms with E-state index in [1.54, 1.807) is 29.6 Å². The number of hydrogen-bond acceptors (Lipinski definition) is 5. The van der Waals surface area contributed by atoms with Crippen molar-refractivity contribution in [3.8, 4) is 0 Å². The van der Waals surface area contributed by atoms with Crippen LogP contribution in [0, 0.1) is 0 Å². The number of amides is 1. The number of hydrogen-bond donors (Lipinski definition) is 3. The second-order valence-electron chi connectivity index (χ2n) is 5.76. The molecule has 0 fully saturated rings. The number of halogens is 1. The van der Waals surface area contributed by atoms with Crippen LogP contribution in [0.5, 0.6) is 0 Å². The first-order valence-electron chi connectivity index (χ1n) is 8.05. The van der Waals surface area contributed by atoms with Gasteiger partial charge in [0.05, 0.1) is 5.54 Å². The molecule has 0 aliphatic carbocycles. The van der Waals surface area contributed by atoms with E-state index in [-0.39, 0.29) is 22.5 Å². The van der Waals surface area contributed by atoms with Crippen LogP contribution in [0.3, 0.4) is 0 Å². The molecule has 1 aromatic heterocycles. The number of rotatable bonds is 8. The third-order valence-electron chi connectivity index (χ3n) is 4.26. The predicted molar refractivity (Wildman–Crippen MR) is 109 cm³/mol. The van der Waals surface area contributed by atoms with Crippen LogP contribution in [0.15, 0.2) is 46.0 Å². The standard InChI is InChI=1S/C17H23N3O3S2.ClH/c1-3-17(4-2,12-18)19-16(21)13-7-5-8-14(11-13)20-25(22,23)15-9-6-10-24-15;/h5-11,20H,3-4,12,18H2,1-2H3,(H,19,21);1H. The Labute approximate surface area is 164 Å². The lowest BCUT2D eigenvalue weighted by Crippen LogP contribution is -2.52. The third-order valence-corrected chi connectivity index (χ3v) is 7.04. The molecule has 0 radical (unpaired) electrons. The molecule has 9 heteroatoms. The fourth-order valence-corrected chi connectivity index (χ4v) is 4.47. The molecule has 1 heterocycles. The van der Waals surface area contributed by atoms with Gasteiger partial charge in [-0.1, -0.05) is 26.0 Å². The Morgan fingerprint density at radius 1 is 1.19 bits per heavy atom. The van der Waals surface area contributed by atoms with Crippen molar-refractivity contribution in [3.63, 3.8) is 0 Å². The van der Waals surface area contributed by atoms with Gasteiger partial charge in [-0.2, -0.15) is 0 Å². The molecule has 4 N–H and O–H groups in total. The summed E-state index contributed by atoms with van der Waals surface area (Å²) in [5, 5.41) is 4.67. The molecule has 0 saturated carbocycles. The Kier molecular flexibility index (Phi) is 8.08. The van der Waals surface area contributed by atoms with E-state index >= 15 is 0 Å². The number of carbonyl (C=O) groups is 1. The summed E-state index contributed by atoms with van der Waals surface area (Å²) in [7, 11) is -3.64. The summed E-state index contributed by atoms with van der Waals surface area (Å²) < 4.78 is 27.3. The van der Waals surface area contributed by atoms with Crippen LogP contribution in [-0.4, -0.2) is 26.4 Å². The van der Waals surface area contributed by atoms with Gasteiger partial charge in [-0.05, 0) is 42.5 Å². The first kappa shape index (κ1) is 22.4. The Morgan fingerprint density at radius 3 is 2.42 bits per heavy atom. The van der Waals surface area contributed by atoms with Crippen molar-refractivity contribution in [2.75, 3.05) is 11.3 Å². The summed E-state index contributed by atoms with van der Waals surface area (Å²) in [5.74, 6) is -0.272. The van der Waals surface area contributed by atoms with Crippen LogP contribution < -0.4 is 15.8 Å². The van der Waals surface area contributed by atoms with Crippen molar-refractivity contribution < 1.29 is 13.2 Å². The van der Waals surface area contributed by atoms with E-state index in [1.807, 2.05) is 13.8 Å². The minimum Gasteiger partial charge on any atom is -0.345 e. The lowest BCUT2D eigenvalue weighted by Gasteiger charge is -2.31. The van der Waals surface area contributed by atoms with Gasteiger partial charge in [0.2, 0.25) is 0 Å². The molecule has 6 nitrogen and oxygen atoms in total. The maximum atomic E-state index is 12.5. The van der Waals surface area contributed by atoms with E-state index in [0.29, 0.717) is 17.8 Å². The fraction of sp³-hybridized carbons (Fsp3) is 0.353. The molecule has 0 unspecified atom stereocenters. The van der Waals surface area contributed by atoms with Gasteiger partial charge in [-0.25, -0.2) is 8.42 Å². The molecule has 0 aliphatic rings. The van der Waals surface area contributed by atoms with Crippen LogP contribution >= 0.6 is 23.7 Å². The predicted octanol–water partition coefficient (Wildman–Crippen LogP) is 3.22. The quantitative estimate of drug-likeness (QED) is 0.613. The zero-order chi connectivity index (χ0) is 18.5. The molecule has 0 atom stereocenters. The van der Waals surface area contributed by atoms with E-state index in [4.69, 9.17) is 5.73 Å². The number of carbonyl (C=O) groups excluding carboxylic acids is 1. The summed E-state index contributed by atoms with van der Waals surface area (Å²) in [4.78, 5) is 12.5. The first-order valence-corrected chi connectivity index (χ1v) is 10.4. The van der Waals surface area contributed by atoms with Gasteiger partial charge in [0.1, 0.15) is 4.21 Å². The molecule has 0 bridgehead atoms. The molecule has 26 heavy (non-hydrogen) atoms. The topological polar surface area (TPSA) is 101 Å². The Morgan fingerprint density at radius 2 is 1.88 bits per heavy atom. The van der Waals surface area contributed by atoms with Crippen molar-refractivity contribution in [2.24, 2.45) is 5.73 Å². The highest BCUT2D eigenvalue weighted by molar-refractivity contribution is 7.94. The Hall–Kier alpha value is -1.61. The van der Waals surface area contributed by atoms with E-state index < -0.39 is 15.6 Å². The molecular weight excluding hydrogens is 394 g/mol.